The molecule has 0 bridgehead atoms. The molecule has 5 nitrogen and oxygen atoms in total. The van der Waals surface area contributed by atoms with Gasteiger partial charge < -0.3 is 4.43 Å². The number of aromatic nitrogens is 1. The second-order valence-electron chi connectivity index (χ2n) is 9.88. The summed E-state index contributed by atoms with van der Waals surface area (Å²) in [7, 11) is -2.25. The number of halogens is 2. The fourth-order valence-corrected chi connectivity index (χ4v) is 11.4. The lowest BCUT2D eigenvalue weighted by molar-refractivity contribution is 0.159. The minimum absolute atomic E-state index is 0.225. The highest BCUT2D eigenvalue weighted by molar-refractivity contribution is 6.77. The Kier molecular flexibility index (Phi) is 7.93. The molecule has 1 heterocycles. The molecule has 0 radical (unpaired) electrons. The second kappa shape index (κ2) is 10.3. The third-order valence-corrected chi connectivity index (χ3v) is 13.3. The van der Waals surface area contributed by atoms with E-state index in [-0.39, 0.29) is 11.7 Å². The number of hydrogen-bond donors (Lipinski definition) is 0. The van der Waals surface area contributed by atoms with Crippen molar-refractivity contribution in [3.63, 3.8) is 0 Å². The third-order valence-electron chi connectivity index (χ3n) is 7.23. The van der Waals surface area contributed by atoms with Gasteiger partial charge in [-0.25, -0.2) is 8.78 Å². The molecule has 2 aromatic rings. The molecule has 0 saturated heterocycles. The Balaban J connectivity index is 2.15. The first-order valence-corrected chi connectivity index (χ1v) is 13.9. The molecule has 1 aliphatic carbocycles. The van der Waals surface area contributed by atoms with Gasteiger partial charge in [0.2, 0.25) is 8.32 Å². The van der Waals surface area contributed by atoms with E-state index in [2.05, 4.69) is 56.6 Å². The molecule has 3 unspecified atom stereocenters. The molecule has 8 heteroatoms. The number of azide groups is 1. The summed E-state index contributed by atoms with van der Waals surface area (Å²) in [6, 6.07) is 7.15. The van der Waals surface area contributed by atoms with Crippen LogP contribution >= 0.6 is 0 Å². The van der Waals surface area contributed by atoms with Crippen molar-refractivity contribution in [1.29, 1.82) is 0 Å². The van der Waals surface area contributed by atoms with E-state index in [1.54, 1.807) is 18.3 Å². The van der Waals surface area contributed by atoms with Crippen molar-refractivity contribution in [3.05, 3.63) is 75.4 Å². The van der Waals surface area contributed by atoms with E-state index in [0.717, 1.165) is 17.3 Å². The summed E-state index contributed by atoms with van der Waals surface area (Å²) in [5, 5.41) is 4.06. The summed E-state index contributed by atoms with van der Waals surface area (Å²) < 4.78 is 36.1. The van der Waals surface area contributed by atoms with Crippen LogP contribution in [0.4, 0.5) is 8.78 Å². The maximum atomic E-state index is 14.8. The SMILES string of the molecule is CC(C)[Si](OC1CCC(c2cccc(F)c2F)C(N=[N+]=[N-])c2cccnc21)(C(C)C)C(C)C. The van der Waals surface area contributed by atoms with E-state index in [1.165, 1.54) is 6.07 Å². The van der Waals surface area contributed by atoms with Crippen molar-refractivity contribution in [3.8, 4) is 0 Å². The zero-order valence-electron chi connectivity index (χ0n) is 20.3. The predicted molar refractivity (Wildman–Crippen MR) is 129 cm³/mol. The van der Waals surface area contributed by atoms with Crippen LogP contribution in [0.1, 0.15) is 89.3 Å². The Bertz CT molecular complexity index is 1000. The lowest BCUT2D eigenvalue weighted by Gasteiger charge is -2.44. The van der Waals surface area contributed by atoms with Crippen molar-refractivity contribution < 1.29 is 13.2 Å². The molecular formula is C25H34F2N4OSi. The molecule has 178 valence electrons. The van der Waals surface area contributed by atoms with E-state index in [9.17, 15) is 14.3 Å². The van der Waals surface area contributed by atoms with Gasteiger partial charge in [-0.2, -0.15) is 0 Å². The molecule has 0 amide bonds. The summed E-state index contributed by atoms with van der Waals surface area (Å²) in [5.41, 5.74) is 12.2. The molecule has 1 aliphatic rings. The lowest BCUT2D eigenvalue weighted by atomic mass is 9.86. The van der Waals surface area contributed by atoms with Crippen LogP contribution in [0.15, 0.2) is 41.6 Å². The Labute approximate surface area is 196 Å². The molecule has 1 aromatic carbocycles. The number of fused-ring (bicyclic) bond motifs is 1. The largest absolute Gasteiger partial charge is 0.408 e. The first-order chi connectivity index (χ1) is 15.6. The maximum absolute atomic E-state index is 14.8. The molecule has 0 fully saturated rings. The Hall–Kier alpha value is -2.28. The van der Waals surface area contributed by atoms with Crippen LogP contribution in [-0.2, 0) is 4.43 Å². The molecular weight excluding hydrogens is 438 g/mol. The average Bonchev–Trinajstić information content (AvgIpc) is 2.91. The van der Waals surface area contributed by atoms with E-state index in [4.69, 9.17) is 4.43 Å². The summed E-state index contributed by atoms with van der Waals surface area (Å²) in [6.07, 6.45) is 2.50. The van der Waals surface area contributed by atoms with Crippen LogP contribution in [0.5, 0.6) is 0 Å². The summed E-state index contributed by atoms with van der Waals surface area (Å²) in [5.74, 6) is -2.30. The Morgan fingerprint density at radius 3 is 2.24 bits per heavy atom. The highest BCUT2D eigenvalue weighted by Gasteiger charge is 2.48. The van der Waals surface area contributed by atoms with Crippen LogP contribution in [-0.4, -0.2) is 13.3 Å². The van der Waals surface area contributed by atoms with Crippen molar-refractivity contribution in [2.45, 2.75) is 89.1 Å². The van der Waals surface area contributed by atoms with Crippen LogP contribution in [0.2, 0.25) is 16.6 Å². The van der Waals surface area contributed by atoms with E-state index in [1.807, 2.05) is 6.07 Å². The molecule has 0 aliphatic heterocycles. The standard InChI is InChI=1S/C25H34F2N4OSi/c1-15(2)33(16(3)4,17(5)6)32-22-13-12-19(18-9-7-11-21(26)23(18)27)24(30-31-28)20-10-8-14-29-25(20)22/h7-11,14-17,19,22,24H,12-13H2,1-6H3. The quantitative estimate of drug-likeness (QED) is 0.133. The lowest BCUT2D eigenvalue weighted by Crippen LogP contribution is -2.48. The minimum atomic E-state index is -2.25. The molecule has 33 heavy (non-hydrogen) atoms. The van der Waals surface area contributed by atoms with Gasteiger partial charge in [-0.15, -0.1) is 0 Å². The van der Waals surface area contributed by atoms with Gasteiger partial charge in [0.1, 0.15) is 0 Å². The van der Waals surface area contributed by atoms with Crippen molar-refractivity contribution in [2.75, 3.05) is 0 Å². The topological polar surface area (TPSA) is 70.9 Å². The fraction of sp³-hybridized carbons (Fsp3) is 0.560. The van der Waals surface area contributed by atoms with Gasteiger partial charge in [0.25, 0.3) is 0 Å². The zero-order valence-corrected chi connectivity index (χ0v) is 21.3. The van der Waals surface area contributed by atoms with Crippen molar-refractivity contribution >= 4 is 8.32 Å². The summed E-state index contributed by atoms with van der Waals surface area (Å²) in [4.78, 5) is 7.73. The monoisotopic (exact) mass is 472 g/mol. The average molecular weight is 473 g/mol. The predicted octanol–water partition coefficient (Wildman–Crippen LogP) is 8.52. The van der Waals surface area contributed by atoms with Crippen LogP contribution in [0, 0.1) is 11.6 Å². The highest BCUT2D eigenvalue weighted by Crippen LogP contribution is 2.50. The second-order valence-corrected chi connectivity index (χ2v) is 15.3. The number of rotatable bonds is 7. The maximum Gasteiger partial charge on any atom is 0.201 e. The number of nitrogens with zero attached hydrogens (tertiary/aromatic N) is 4. The fourth-order valence-electron chi connectivity index (χ4n) is 5.89. The first kappa shape index (κ1) is 25.3. The van der Waals surface area contributed by atoms with Crippen LogP contribution < -0.4 is 0 Å². The van der Waals surface area contributed by atoms with Crippen LogP contribution in [0.3, 0.4) is 0 Å². The van der Waals surface area contributed by atoms with Crippen LogP contribution in [0.25, 0.3) is 10.4 Å². The Morgan fingerprint density at radius 2 is 1.64 bits per heavy atom. The normalized spacial score (nSPS) is 21.1. The molecule has 1 aromatic heterocycles. The van der Waals surface area contributed by atoms with Gasteiger partial charge in [-0.1, -0.05) is 64.9 Å². The van der Waals surface area contributed by atoms with Gasteiger partial charge >= 0.3 is 0 Å². The first-order valence-electron chi connectivity index (χ1n) is 11.8. The van der Waals surface area contributed by atoms with Crippen molar-refractivity contribution in [1.82, 2.24) is 4.98 Å². The highest BCUT2D eigenvalue weighted by atomic mass is 28.4. The molecule has 0 spiro atoms. The minimum Gasteiger partial charge on any atom is -0.408 e. The van der Waals surface area contributed by atoms with Gasteiger partial charge in [0.15, 0.2) is 11.6 Å². The molecule has 0 saturated carbocycles. The summed E-state index contributed by atoms with van der Waals surface area (Å²) >= 11 is 0. The summed E-state index contributed by atoms with van der Waals surface area (Å²) in [6.45, 7) is 13.4. The molecule has 3 atom stereocenters. The van der Waals surface area contributed by atoms with Gasteiger partial charge in [0, 0.05) is 11.1 Å². The number of benzene rings is 1. The molecule has 3 rings (SSSR count). The number of pyridine rings is 1. The van der Waals surface area contributed by atoms with Gasteiger partial charge in [0.05, 0.1) is 17.8 Å². The zero-order chi connectivity index (χ0) is 24.3. The third kappa shape index (κ3) is 4.70. The van der Waals surface area contributed by atoms with Crippen molar-refractivity contribution in [2.24, 2.45) is 5.11 Å². The molecule has 0 N–H and O–H groups in total. The van der Waals surface area contributed by atoms with Gasteiger partial charge in [-0.05, 0) is 64.2 Å². The van der Waals surface area contributed by atoms with Gasteiger partial charge in [-0.3, -0.25) is 4.98 Å². The Morgan fingerprint density at radius 1 is 1.00 bits per heavy atom. The number of hydrogen-bond acceptors (Lipinski definition) is 3. The van der Waals surface area contributed by atoms with E-state index >= 15 is 0 Å². The van der Waals surface area contributed by atoms with E-state index in [0.29, 0.717) is 29.5 Å². The van der Waals surface area contributed by atoms with E-state index < -0.39 is 31.9 Å². The smallest absolute Gasteiger partial charge is 0.201 e.